The number of H-pyrrole nitrogens is 1. The average molecular weight is 842 g/mol. The molecule has 61 heavy (non-hydrogen) atoms. The number of nitrogens with zero attached hydrogens (tertiary/aromatic N) is 2. The minimum absolute atomic E-state index is 0.0276. The second-order valence-electron chi connectivity index (χ2n) is 16.1. The van der Waals surface area contributed by atoms with Crippen LogP contribution >= 0.6 is 0 Å². The van der Waals surface area contributed by atoms with Gasteiger partial charge < -0.3 is 58.5 Å². The van der Waals surface area contributed by atoms with Crippen molar-refractivity contribution < 1.29 is 28.8 Å². The Morgan fingerprint density at radius 2 is 1.51 bits per heavy atom. The first kappa shape index (κ1) is 46.3. The fourth-order valence-electron chi connectivity index (χ4n) is 8.36. The van der Waals surface area contributed by atoms with Gasteiger partial charge in [0.2, 0.25) is 29.5 Å². The van der Waals surface area contributed by atoms with Crippen molar-refractivity contribution in [2.24, 2.45) is 28.1 Å². The van der Waals surface area contributed by atoms with E-state index in [2.05, 4.69) is 36.6 Å². The quantitative estimate of drug-likeness (QED) is 0.0302. The number of nitrogens with one attached hydrogen (secondary N) is 6. The van der Waals surface area contributed by atoms with E-state index in [4.69, 9.17) is 17.2 Å². The van der Waals surface area contributed by atoms with E-state index in [1.807, 2.05) is 30.5 Å². The number of aromatic nitrogens is 1. The van der Waals surface area contributed by atoms with Gasteiger partial charge in [-0.25, -0.2) is 0 Å². The third-order valence-electron chi connectivity index (χ3n) is 11.8. The van der Waals surface area contributed by atoms with Crippen molar-refractivity contribution in [2.45, 2.75) is 113 Å². The maximum absolute atomic E-state index is 14.3. The smallest absolute Gasteiger partial charge is 0.245 e. The van der Waals surface area contributed by atoms with E-state index in [0.717, 1.165) is 48.4 Å². The highest BCUT2D eigenvalue weighted by Gasteiger charge is 2.35. The molecule has 3 unspecified atom stereocenters. The zero-order valence-corrected chi connectivity index (χ0v) is 35.1. The summed E-state index contributed by atoms with van der Waals surface area (Å²) >= 11 is 0. The molecule has 2 aliphatic rings. The fraction of sp³-hybridized carbons (Fsp3) is 0.523. The Morgan fingerprint density at radius 3 is 2.23 bits per heavy atom. The van der Waals surface area contributed by atoms with Crippen molar-refractivity contribution in [3.63, 3.8) is 0 Å². The molecule has 2 heterocycles. The number of aliphatic imine (C=N–C) groups is 1. The molecule has 0 bridgehead atoms. The molecule has 1 aliphatic heterocycles. The lowest BCUT2D eigenvalue weighted by atomic mass is 9.84. The van der Waals surface area contributed by atoms with Gasteiger partial charge in [0.15, 0.2) is 5.96 Å². The number of carbonyl (C=O) groups is 6. The van der Waals surface area contributed by atoms with Gasteiger partial charge in [-0.05, 0) is 68.7 Å². The number of fused-ring (bicyclic) bond motifs is 1. The van der Waals surface area contributed by atoms with Crippen molar-refractivity contribution in [1.82, 2.24) is 36.5 Å². The maximum Gasteiger partial charge on any atom is 0.245 e. The van der Waals surface area contributed by atoms with E-state index in [9.17, 15) is 28.8 Å². The van der Waals surface area contributed by atoms with Crippen LogP contribution in [0, 0.1) is 5.92 Å². The number of benzene rings is 2. The molecule has 5 amide bonds. The molecule has 1 saturated carbocycles. The Hall–Kier alpha value is -5.81. The summed E-state index contributed by atoms with van der Waals surface area (Å²) in [5.41, 5.74) is 19.6. The zero-order valence-electron chi connectivity index (χ0n) is 35.1. The topological polar surface area (TPSA) is 272 Å². The first-order valence-electron chi connectivity index (χ1n) is 21.5. The number of para-hydroxylation sites is 1. The molecule has 5 rings (SSSR count). The Morgan fingerprint density at radius 1 is 0.820 bits per heavy atom. The van der Waals surface area contributed by atoms with Crippen LogP contribution < -0.4 is 43.8 Å². The molecule has 3 aromatic rings. The standard InChI is InChI=1S/C44H63N11O6/c1-48-36(24-28-12-4-2-5-13-28)40(58)54-37(25-30-26-51-33-18-9-8-17-32(30)33)41(59)52-34(19-10-21-50-44(46)47)39(57)49-22-20-35(43(61)55-23-11-16-31(55)27-56)53-42(60)38(45)29-14-6-3-7-15-29/h3,6-9,14-15,17-18,26-28,31,34-38,48,51H,2,4-5,10-13,16,19-25,45H2,1H3,(H,49,57)(H,52,59)(H,53,60)(H,54,58)(H4,46,47,50)/t31?,34?,35-,36+,37?,38-/m0/s1. The minimum atomic E-state index is -1.11. The lowest BCUT2D eigenvalue weighted by Gasteiger charge is -2.28. The van der Waals surface area contributed by atoms with Crippen molar-refractivity contribution in [1.29, 1.82) is 0 Å². The molecule has 12 N–H and O–H groups in total. The summed E-state index contributed by atoms with van der Waals surface area (Å²) < 4.78 is 0. The molecule has 1 aromatic heterocycles. The highest BCUT2D eigenvalue weighted by Crippen LogP contribution is 2.28. The predicted octanol–water partition coefficient (Wildman–Crippen LogP) is 1.17. The van der Waals surface area contributed by atoms with Crippen molar-refractivity contribution in [2.75, 3.05) is 26.7 Å². The van der Waals surface area contributed by atoms with Gasteiger partial charge >= 0.3 is 0 Å². The number of nitrogens with two attached hydrogens (primary N) is 3. The highest BCUT2D eigenvalue weighted by atomic mass is 16.2. The van der Waals surface area contributed by atoms with Gasteiger partial charge in [-0.1, -0.05) is 80.6 Å². The predicted molar refractivity (Wildman–Crippen MR) is 234 cm³/mol. The van der Waals surface area contributed by atoms with Crippen LogP contribution in [0.5, 0.6) is 0 Å². The molecule has 17 nitrogen and oxygen atoms in total. The van der Waals surface area contributed by atoms with E-state index >= 15 is 0 Å². The van der Waals surface area contributed by atoms with Gasteiger partial charge in [0.1, 0.15) is 30.5 Å². The van der Waals surface area contributed by atoms with Crippen LogP contribution in [-0.2, 0) is 35.2 Å². The summed E-state index contributed by atoms with van der Waals surface area (Å²) in [6.45, 7) is 0.471. The number of amides is 5. The monoisotopic (exact) mass is 841 g/mol. The molecular formula is C44H63N11O6. The normalized spacial score (nSPS) is 17.9. The summed E-state index contributed by atoms with van der Waals surface area (Å²) in [6, 6.07) is 11.0. The number of hydrogen-bond donors (Lipinski definition) is 9. The van der Waals surface area contributed by atoms with Gasteiger partial charge in [-0.3, -0.25) is 29.0 Å². The van der Waals surface area contributed by atoms with Gasteiger partial charge in [0, 0.05) is 43.2 Å². The number of rotatable bonds is 22. The number of aldehydes is 1. The van der Waals surface area contributed by atoms with E-state index < -0.39 is 59.9 Å². The van der Waals surface area contributed by atoms with E-state index in [-0.39, 0.29) is 44.2 Å². The molecule has 2 aromatic carbocycles. The number of likely N-dealkylation sites (N-methyl/N-ethyl adjacent to an activating group) is 1. The Kier molecular flexibility index (Phi) is 17.6. The number of aromatic amines is 1. The third kappa shape index (κ3) is 13.3. The third-order valence-corrected chi connectivity index (χ3v) is 11.8. The molecular weight excluding hydrogens is 779 g/mol. The minimum Gasteiger partial charge on any atom is -0.370 e. The number of carbonyl (C=O) groups excluding carboxylic acids is 6. The van der Waals surface area contributed by atoms with Crippen molar-refractivity contribution >= 4 is 52.7 Å². The molecule has 1 saturated heterocycles. The Bertz CT molecular complexity index is 1960. The molecule has 6 atom stereocenters. The lowest BCUT2D eigenvalue weighted by Crippen LogP contribution is -2.57. The van der Waals surface area contributed by atoms with Crippen LogP contribution in [-0.4, -0.2) is 109 Å². The van der Waals surface area contributed by atoms with Crippen LogP contribution in [0.4, 0.5) is 0 Å². The number of likely N-dealkylation sites (tertiary alicyclic amines) is 1. The van der Waals surface area contributed by atoms with Crippen molar-refractivity contribution in [3.05, 3.63) is 71.9 Å². The SMILES string of the molecule is CN[C@H](CC1CCCCC1)C(=O)NC(Cc1c[nH]c2ccccc12)C(=O)NC(CCCN=C(N)N)C(=O)NCC[C@H](NC(=O)[C@@H](N)c1ccccc1)C(=O)N1CCCC1C=O. The van der Waals surface area contributed by atoms with Crippen LogP contribution in [0.2, 0.25) is 0 Å². The van der Waals surface area contributed by atoms with E-state index in [1.165, 1.54) is 11.3 Å². The van der Waals surface area contributed by atoms with Crippen LogP contribution in [0.3, 0.4) is 0 Å². The molecule has 1 aliphatic carbocycles. The molecule has 0 spiro atoms. The number of hydrogen-bond acceptors (Lipinski definition) is 9. The maximum atomic E-state index is 14.3. The van der Waals surface area contributed by atoms with Gasteiger partial charge in [-0.2, -0.15) is 0 Å². The van der Waals surface area contributed by atoms with Crippen LogP contribution in [0.1, 0.15) is 87.8 Å². The zero-order chi connectivity index (χ0) is 43.7. The largest absolute Gasteiger partial charge is 0.370 e. The Balaban J connectivity index is 1.32. The average Bonchev–Trinajstić information content (AvgIpc) is 3.93. The molecule has 330 valence electrons. The summed E-state index contributed by atoms with van der Waals surface area (Å²) in [5, 5.41) is 15.5. The number of guanidine groups is 1. The van der Waals surface area contributed by atoms with E-state index in [1.54, 1.807) is 37.4 Å². The molecule has 2 fully saturated rings. The summed E-state index contributed by atoms with van der Waals surface area (Å²) in [4.78, 5) is 89.9. The van der Waals surface area contributed by atoms with Crippen molar-refractivity contribution in [3.8, 4) is 0 Å². The second-order valence-corrected chi connectivity index (χ2v) is 16.1. The first-order valence-corrected chi connectivity index (χ1v) is 21.5. The molecule has 0 radical (unpaired) electrons. The van der Waals surface area contributed by atoms with Crippen LogP contribution in [0.25, 0.3) is 10.9 Å². The Labute approximate surface area is 357 Å². The fourth-order valence-corrected chi connectivity index (χ4v) is 8.36. The van der Waals surface area contributed by atoms with Gasteiger partial charge in [-0.15, -0.1) is 0 Å². The summed E-state index contributed by atoms with van der Waals surface area (Å²) in [7, 11) is 1.74. The van der Waals surface area contributed by atoms with Crippen LogP contribution in [0.15, 0.2) is 65.8 Å². The van der Waals surface area contributed by atoms with Gasteiger partial charge in [0.05, 0.1) is 12.1 Å². The summed E-state index contributed by atoms with van der Waals surface area (Å²) in [6.07, 6.45) is 10.5. The lowest BCUT2D eigenvalue weighted by molar-refractivity contribution is -0.139. The second kappa shape index (κ2) is 23.3. The first-order chi connectivity index (χ1) is 29.5. The highest BCUT2D eigenvalue weighted by molar-refractivity contribution is 5.94. The summed E-state index contributed by atoms with van der Waals surface area (Å²) in [5.74, 6) is -2.17. The van der Waals surface area contributed by atoms with Gasteiger partial charge in [0.25, 0.3) is 0 Å². The van der Waals surface area contributed by atoms with E-state index in [0.29, 0.717) is 43.7 Å². The molecule has 17 heteroatoms.